The Morgan fingerprint density at radius 3 is 2.64 bits per heavy atom. The first-order valence-electron chi connectivity index (χ1n) is 7.85. The van der Waals surface area contributed by atoms with Crippen LogP contribution in [0.15, 0.2) is 51.7 Å². The fraction of sp³-hybridized carbons (Fsp3) is 0.200. The molecule has 0 spiro atoms. The van der Waals surface area contributed by atoms with Gasteiger partial charge in [0, 0.05) is 23.6 Å². The van der Waals surface area contributed by atoms with E-state index in [1.54, 1.807) is 38.3 Å². The van der Waals surface area contributed by atoms with Gasteiger partial charge in [-0.05, 0) is 43.3 Å². The minimum absolute atomic E-state index is 0.181. The van der Waals surface area contributed by atoms with E-state index in [1.165, 1.54) is 6.07 Å². The van der Waals surface area contributed by atoms with Crippen molar-refractivity contribution in [3.63, 3.8) is 0 Å². The Morgan fingerprint density at radius 1 is 1.28 bits per heavy atom. The molecule has 25 heavy (non-hydrogen) atoms. The molecule has 1 unspecified atom stereocenters. The molecule has 1 aromatic heterocycles. The van der Waals surface area contributed by atoms with Crippen molar-refractivity contribution in [2.45, 2.75) is 19.4 Å². The van der Waals surface area contributed by atoms with Gasteiger partial charge in [0.05, 0.1) is 12.3 Å². The van der Waals surface area contributed by atoms with Crippen LogP contribution in [-0.4, -0.2) is 19.2 Å². The molecular weight excluding hydrogens is 320 g/mol. The number of benzene rings is 1. The van der Waals surface area contributed by atoms with Crippen LogP contribution in [0.3, 0.4) is 0 Å². The zero-order chi connectivity index (χ0) is 18.0. The van der Waals surface area contributed by atoms with Gasteiger partial charge in [-0.15, -0.1) is 0 Å². The molecule has 0 saturated heterocycles. The van der Waals surface area contributed by atoms with E-state index in [0.717, 1.165) is 11.3 Å². The van der Waals surface area contributed by atoms with Crippen LogP contribution < -0.4 is 20.8 Å². The normalized spacial score (nSPS) is 15.4. The third-order valence-corrected chi connectivity index (χ3v) is 3.88. The largest absolute Gasteiger partial charge is 0.497 e. The summed E-state index contributed by atoms with van der Waals surface area (Å²) in [5, 5.41) is 0.406. The summed E-state index contributed by atoms with van der Waals surface area (Å²) < 4.78 is 16.3. The smallest absolute Gasteiger partial charge is 0.333 e. The van der Waals surface area contributed by atoms with E-state index in [2.05, 4.69) is 6.58 Å². The molecule has 1 atom stereocenters. The van der Waals surface area contributed by atoms with Crippen molar-refractivity contribution in [1.82, 2.24) is 0 Å². The van der Waals surface area contributed by atoms with Crippen LogP contribution in [0.5, 0.6) is 5.75 Å². The summed E-state index contributed by atoms with van der Waals surface area (Å²) in [4.78, 5) is 24.1. The molecule has 0 fully saturated rings. The molecule has 1 aliphatic carbocycles. The monoisotopic (exact) mass is 338 g/mol. The maximum absolute atomic E-state index is 12.5. The first-order chi connectivity index (χ1) is 12.0. The Bertz CT molecular complexity index is 996. The molecule has 1 aromatic carbocycles. The van der Waals surface area contributed by atoms with Crippen molar-refractivity contribution in [3.8, 4) is 17.1 Å². The summed E-state index contributed by atoms with van der Waals surface area (Å²) in [7, 11) is 1.59. The lowest BCUT2D eigenvalue weighted by atomic mass is 10.1. The molecule has 0 radical (unpaired) electrons. The Morgan fingerprint density at radius 2 is 2.00 bits per heavy atom. The SMILES string of the molecule is C=C(C)C(=O)OC1C=c2c(=O)cc(-c3ccc(OC)cc3)oc2=CC1. The average molecular weight is 338 g/mol. The third-order valence-electron chi connectivity index (χ3n) is 3.88. The second kappa shape index (κ2) is 6.81. The van der Waals surface area contributed by atoms with E-state index in [4.69, 9.17) is 13.9 Å². The zero-order valence-corrected chi connectivity index (χ0v) is 14.1. The van der Waals surface area contributed by atoms with Crippen molar-refractivity contribution < 1.29 is 18.7 Å². The zero-order valence-electron chi connectivity index (χ0n) is 14.1. The van der Waals surface area contributed by atoms with Crippen molar-refractivity contribution >= 4 is 18.1 Å². The van der Waals surface area contributed by atoms with E-state index >= 15 is 0 Å². The lowest BCUT2D eigenvalue weighted by Gasteiger charge is -2.15. The minimum atomic E-state index is -0.494. The van der Waals surface area contributed by atoms with Gasteiger partial charge in [0.15, 0.2) is 5.43 Å². The van der Waals surface area contributed by atoms with Gasteiger partial charge in [-0.25, -0.2) is 4.79 Å². The Balaban J connectivity index is 1.97. The first-order valence-corrected chi connectivity index (χ1v) is 7.85. The lowest BCUT2D eigenvalue weighted by Crippen LogP contribution is -2.42. The molecule has 2 aromatic rings. The summed E-state index contributed by atoms with van der Waals surface area (Å²) in [6, 6.07) is 8.70. The van der Waals surface area contributed by atoms with Crippen LogP contribution in [0.4, 0.5) is 0 Å². The molecule has 0 saturated carbocycles. The highest BCUT2D eigenvalue weighted by molar-refractivity contribution is 5.87. The van der Waals surface area contributed by atoms with Gasteiger partial charge in [-0.2, -0.15) is 0 Å². The highest BCUT2D eigenvalue weighted by atomic mass is 16.5. The van der Waals surface area contributed by atoms with Gasteiger partial charge in [-0.1, -0.05) is 6.58 Å². The molecule has 0 amide bonds. The Labute approximate surface area is 144 Å². The number of carbonyl (C=O) groups is 1. The average Bonchev–Trinajstić information content (AvgIpc) is 2.62. The first kappa shape index (κ1) is 16.8. The summed E-state index contributed by atoms with van der Waals surface area (Å²) in [5.41, 5.74) is 1.41. The topological polar surface area (TPSA) is 65.7 Å². The van der Waals surface area contributed by atoms with Crippen LogP contribution in [0.2, 0.25) is 0 Å². The fourth-order valence-electron chi connectivity index (χ4n) is 2.53. The van der Waals surface area contributed by atoms with Crippen LogP contribution in [0.25, 0.3) is 23.5 Å². The number of ether oxygens (including phenoxy) is 2. The van der Waals surface area contributed by atoms with Crippen molar-refractivity contribution in [2.75, 3.05) is 7.11 Å². The number of hydrogen-bond donors (Lipinski definition) is 0. The maximum atomic E-state index is 12.5. The van der Waals surface area contributed by atoms with Gasteiger partial charge < -0.3 is 13.9 Å². The summed E-state index contributed by atoms with van der Waals surface area (Å²) in [6.07, 6.45) is 3.34. The number of hydrogen-bond acceptors (Lipinski definition) is 5. The number of methoxy groups -OCH3 is 1. The fourth-order valence-corrected chi connectivity index (χ4v) is 2.53. The maximum Gasteiger partial charge on any atom is 0.333 e. The second-order valence-electron chi connectivity index (χ2n) is 5.81. The van der Waals surface area contributed by atoms with E-state index in [0.29, 0.717) is 28.4 Å². The number of carbonyl (C=O) groups excluding carboxylic acids is 1. The molecule has 5 heteroatoms. The predicted molar refractivity (Wildman–Crippen MR) is 94.5 cm³/mol. The van der Waals surface area contributed by atoms with Gasteiger partial charge in [0.2, 0.25) is 0 Å². The van der Waals surface area contributed by atoms with Crippen LogP contribution in [-0.2, 0) is 9.53 Å². The number of rotatable bonds is 4. The Kier molecular flexibility index (Phi) is 4.57. The summed E-state index contributed by atoms with van der Waals surface area (Å²) in [6.45, 7) is 5.13. The molecule has 0 aliphatic heterocycles. The molecule has 1 aliphatic rings. The highest BCUT2D eigenvalue weighted by Gasteiger charge is 2.16. The number of fused-ring (bicyclic) bond motifs is 1. The Hall–Kier alpha value is -3.08. The molecular formula is C20H18O5. The highest BCUT2D eigenvalue weighted by Crippen LogP contribution is 2.20. The molecule has 1 heterocycles. The summed E-state index contributed by atoms with van der Waals surface area (Å²) >= 11 is 0. The van der Waals surface area contributed by atoms with E-state index in [1.807, 2.05) is 12.1 Å². The van der Waals surface area contributed by atoms with E-state index in [-0.39, 0.29) is 5.43 Å². The quantitative estimate of drug-likeness (QED) is 0.628. The van der Waals surface area contributed by atoms with Crippen LogP contribution in [0.1, 0.15) is 13.3 Å². The van der Waals surface area contributed by atoms with E-state index in [9.17, 15) is 9.59 Å². The van der Waals surface area contributed by atoms with E-state index < -0.39 is 12.1 Å². The van der Waals surface area contributed by atoms with Crippen molar-refractivity contribution in [3.05, 3.63) is 63.3 Å². The van der Waals surface area contributed by atoms with Gasteiger partial charge in [-0.3, -0.25) is 4.79 Å². The van der Waals surface area contributed by atoms with Gasteiger partial charge >= 0.3 is 5.97 Å². The van der Waals surface area contributed by atoms with Gasteiger partial charge in [0.1, 0.15) is 23.0 Å². The molecule has 3 rings (SSSR count). The third kappa shape index (κ3) is 3.55. The minimum Gasteiger partial charge on any atom is -0.497 e. The predicted octanol–water partition coefficient (Wildman–Crippen LogP) is 1.77. The van der Waals surface area contributed by atoms with Crippen LogP contribution in [0, 0.1) is 0 Å². The lowest BCUT2D eigenvalue weighted by molar-refractivity contribution is -0.141. The number of esters is 1. The second-order valence-corrected chi connectivity index (χ2v) is 5.81. The van der Waals surface area contributed by atoms with Crippen LogP contribution >= 0.6 is 0 Å². The molecule has 0 N–H and O–H groups in total. The molecule has 5 nitrogen and oxygen atoms in total. The van der Waals surface area contributed by atoms with Gasteiger partial charge in [0.25, 0.3) is 0 Å². The molecule has 128 valence electrons. The summed E-state index contributed by atoms with van der Waals surface area (Å²) in [5.74, 6) is 0.733. The molecule has 0 bridgehead atoms. The van der Waals surface area contributed by atoms with Crippen molar-refractivity contribution in [1.29, 1.82) is 0 Å². The van der Waals surface area contributed by atoms with Crippen molar-refractivity contribution in [2.24, 2.45) is 0 Å². The standard InChI is InChI=1S/C20H18O5/c1-12(2)20(22)24-15-8-9-18-16(10-15)17(21)11-19(25-18)13-4-6-14(23-3)7-5-13/h4-7,9-11,15H,1,8H2,2-3H3.